The summed E-state index contributed by atoms with van der Waals surface area (Å²) in [7, 11) is 0. The Morgan fingerprint density at radius 1 is 1.19 bits per heavy atom. The molecule has 5 heteroatoms. The van der Waals surface area contributed by atoms with E-state index in [0.717, 1.165) is 11.8 Å². The molecule has 0 spiro atoms. The van der Waals surface area contributed by atoms with Gasteiger partial charge in [-0.25, -0.2) is 10.3 Å². The summed E-state index contributed by atoms with van der Waals surface area (Å²) < 4.78 is 5.35. The molecule has 0 aromatic heterocycles. The first-order valence-corrected chi connectivity index (χ1v) is 6.82. The number of aldehydes is 1. The molecule has 0 saturated carbocycles. The molecule has 1 aromatic rings. The Balaban J connectivity index is 2.35. The van der Waals surface area contributed by atoms with E-state index in [9.17, 15) is 9.59 Å². The van der Waals surface area contributed by atoms with Gasteiger partial charge in [-0.2, -0.15) is 0 Å². The lowest BCUT2D eigenvalue weighted by Crippen LogP contribution is -2.29. The quantitative estimate of drug-likeness (QED) is 0.346. The number of ether oxygens (including phenoxy) is 1. The monoisotopic (exact) mass is 291 g/mol. The van der Waals surface area contributed by atoms with E-state index in [1.807, 2.05) is 13.8 Å². The van der Waals surface area contributed by atoms with Crippen molar-refractivity contribution in [3.05, 3.63) is 41.5 Å². The smallest absolute Gasteiger partial charge is 0.267 e. The Hall–Kier alpha value is -1.98. The highest BCUT2D eigenvalue weighted by atomic mass is 16.8. The van der Waals surface area contributed by atoms with E-state index in [0.29, 0.717) is 18.1 Å². The number of hydrogen-bond donors (Lipinski definition) is 1. The van der Waals surface area contributed by atoms with Crippen LogP contribution in [0.2, 0.25) is 0 Å². The normalized spacial score (nSPS) is 12.6. The highest BCUT2D eigenvalue weighted by Crippen LogP contribution is 2.04. The molecule has 0 aliphatic heterocycles. The van der Waals surface area contributed by atoms with Gasteiger partial charge in [0.15, 0.2) is 6.29 Å². The van der Waals surface area contributed by atoms with E-state index in [1.165, 1.54) is 6.08 Å². The first kappa shape index (κ1) is 17.1. The average Bonchev–Trinajstić information content (AvgIpc) is 2.49. The van der Waals surface area contributed by atoms with Crippen molar-refractivity contribution in [3.8, 4) is 0 Å². The molecule has 0 fully saturated rings. The van der Waals surface area contributed by atoms with Crippen molar-refractivity contribution in [3.63, 3.8) is 0 Å². The van der Waals surface area contributed by atoms with Crippen LogP contribution in [0.5, 0.6) is 0 Å². The van der Waals surface area contributed by atoms with Crippen molar-refractivity contribution in [1.29, 1.82) is 0 Å². The van der Waals surface area contributed by atoms with Gasteiger partial charge in [-0.3, -0.25) is 9.59 Å². The van der Waals surface area contributed by atoms with Gasteiger partial charge in [-0.1, -0.05) is 38.1 Å². The minimum absolute atomic E-state index is 0.380. The van der Waals surface area contributed by atoms with Crippen molar-refractivity contribution in [2.45, 2.75) is 27.1 Å². The van der Waals surface area contributed by atoms with E-state index in [2.05, 4.69) is 5.48 Å². The summed E-state index contributed by atoms with van der Waals surface area (Å²) in [5.74, 6) is 0.0236. The predicted octanol–water partition coefficient (Wildman–Crippen LogP) is 2.58. The molecule has 0 bridgehead atoms. The average molecular weight is 291 g/mol. The first-order chi connectivity index (χ1) is 10.0. The van der Waals surface area contributed by atoms with Gasteiger partial charge in [0.2, 0.25) is 0 Å². The Kier molecular flexibility index (Phi) is 7.36. The van der Waals surface area contributed by atoms with Gasteiger partial charge < -0.3 is 4.74 Å². The number of amides is 1. The third-order valence-corrected chi connectivity index (χ3v) is 2.49. The van der Waals surface area contributed by atoms with E-state index in [4.69, 9.17) is 9.57 Å². The van der Waals surface area contributed by atoms with Crippen LogP contribution in [0.1, 0.15) is 36.7 Å². The fraction of sp³-hybridized carbons (Fsp3) is 0.375. The van der Waals surface area contributed by atoms with Crippen LogP contribution in [0.4, 0.5) is 0 Å². The van der Waals surface area contributed by atoms with Crippen molar-refractivity contribution in [2.75, 3.05) is 6.61 Å². The minimum atomic E-state index is -0.503. The van der Waals surface area contributed by atoms with Gasteiger partial charge in [0, 0.05) is 11.6 Å². The third kappa shape index (κ3) is 7.39. The predicted molar refractivity (Wildman–Crippen MR) is 80.3 cm³/mol. The molecular formula is C16H21NO4. The largest absolute Gasteiger partial charge is 0.350 e. The van der Waals surface area contributed by atoms with Crippen LogP contribution in [0.15, 0.2) is 30.3 Å². The molecule has 1 aromatic carbocycles. The number of hydrogen-bond acceptors (Lipinski definition) is 4. The molecule has 0 aliphatic carbocycles. The Morgan fingerprint density at radius 2 is 1.81 bits per heavy atom. The lowest BCUT2D eigenvalue weighted by molar-refractivity contribution is -0.180. The molecule has 0 radical (unpaired) electrons. The third-order valence-electron chi connectivity index (χ3n) is 2.49. The van der Waals surface area contributed by atoms with E-state index in [-0.39, 0.29) is 5.91 Å². The summed E-state index contributed by atoms with van der Waals surface area (Å²) in [4.78, 5) is 27.1. The molecule has 1 atom stereocenters. The van der Waals surface area contributed by atoms with Gasteiger partial charge in [-0.05, 0) is 24.5 Å². The molecular weight excluding hydrogens is 270 g/mol. The molecule has 1 unspecified atom stereocenters. The molecule has 5 nitrogen and oxygen atoms in total. The van der Waals surface area contributed by atoms with E-state index >= 15 is 0 Å². The topological polar surface area (TPSA) is 64.6 Å². The van der Waals surface area contributed by atoms with Crippen LogP contribution in [0, 0.1) is 5.92 Å². The zero-order valence-electron chi connectivity index (χ0n) is 12.5. The van der Waals surface area contributed by atoms with Gasteiger partial charge in [0.25, 0.3) is 5.91 Å². The minimum Gasteiger partial charge on any atom is -0.350 e. The number of rotatable bonds is 8. The maximum Gasteiger partial charge on any atom is 0.267 e. The zero-order chi connectivity index (χ0) is 15.7. The van der Waals surface area contributed by atoms with E-state index in [1.54, 1.807) is 37.3 Å². The number of nitrogens with one attached hydrogen (secondary N) is 1. The maximum absolute atomic E-state index is 11.5. The fourth-order valence-corrected chi connectivity index (χ4v) is 1.39. The number of carbonyl (C=O) groups is 2. The molecule has 114 valence electrons. The van der Waals surface area contributed by atoms with Crippen LogP contribution in [-0.4, -0.2) is 25.1 Å². The fourth-order valence-electron chi connectivity index (χ4n) is 1.39. The van der Waals surface area contributed by atoms with Gasteiger partial charge >= 0.3 is 0 Å². The number of benzene rings is 1. The lowest BCUT2D eigenvalue weighted by Gasteiger charge is -2.14. The zero-order valence-corrected chi connectivity index (χ0v) is 12.5. The molecule has 21 heavy (non-hydrogen) atoms. The molecule has 1 N–H and O–H groups in total. The molecule has 1 amide bonds. The second-order valence-corrected chi connectivity index (χ2v) is 5.00. The van der Waals surface area contributed by atoms with Crippen LogP contribution in [-0.2, 0) is 14.4 Å². The maximum atomic E-state index is 11.5. The SMILES string of the molecule is CC(C)COC(C)ONC(=O)C=Cc1ccc(C=O)cc1. The highest BCUT2D eigenvalue weighted by molar-refractivity contribution is 5.91. The second-order valence-electron chi connectivity index (χ2n) is 5.00. The second kappa shape index (κ2) is 9.05. The van der Waals surface area contributed by atoms with E-state index < -0.39 is 6.29 Å². The van der Waals surface area contributed by atoms with Crippen LogP contribution in [0.3, 0.4) is 0 Å². The Morgan fingerprint density at radius 3 is 2.38 bits per heavy atom. The summed E-state index contributed by atoms with van der Waals surface area (Å²) >= 11 is 0. The molecule has 0 saturated heterocycles. The summed E-state index contributed by atoms with van der Waals surface area (Å²) in [6.45, 7) is 6.34. The Bertz CT molecular complexity index is 480. The lowest BCUT2D eigenvalue weighted by atomic mass is 10.1. The van der Waals surface area contributed by atoms with Gasteiger partial charge in [0.05, 0.1) is 6.61 Å². The van der Waals surface area contributed by atoms with Gasteiger partial charge in [-0.15, -0.1) is 0 Å². The van der Waals surface area contributed by atoms with Gasteiger partial charge in [0.1, 0.15) is 6.29 Å². The summed E-state index contributed by atoms with van der Waals surface area (Å²) in [6, 6.07) is 6.87. The molecule has 0 aliphatic rings. The van der Waals surface area contributed by atoms with Crippen molar-refractivity contribution in [1.82, 2.24) is 5.48 Å². The standard InChI is InChI=1S/C16H21NO4/c1-12(2)11-20-13(3)21-17-16(19)9-8-14-4-6-15(10-18)7-5-14/h4-10,12-13H,11H2,1-3H3,(H,17,19). The Labute approximate surface area is 124 Å². The van der Waals surface area contributed by atoms with Crippen molar-refractivity contribution < 1.29 is 19.2 Å². The highest BCUT2D eigenvalue weighted by Gasteiger charge is 2.05. The summed E-state index contributed by atoms with van der Waals surface area (Å²) in [5.41, 5.74) is 3.70. The van der Waals surface area contributed by atoms with Crippen molar-refractivity contribution >= 4 is 18.3 Å². The van der Waals surface area contributed by atoms with Crippen LogP contribution in [0.25, 0.3) is 6.08 Å². The van der Waals surface area contributed by atoms with Crippen LogP contribution >= 0.6 is 0 Å². The molecule has 1 rings (SSSR count). The molecule has 0 heterocycles. The number of hydroxylamine groups is 1. The summed E-state index contributed by atoms with van der Waals surface area (Å²) in [6.07, 6.45) is 3.25. The van der Waals surface area contributed by atoms with Crippen molar-refractivity contribution in [2.24, 2.45) is 5.92 Å². The summed E-state index contributed by atoms with van der Waals surface area (Å²) in [5, 5.41) is 0. The first-order valence-electron chi connectivity index (χ1n) is 6.82. The number of carbonyl (C=O) groups excluding carboxylic acids is 2. The van der Waals surface area contributed by atoms with Crippen LogP contribution < -0.4 is 5.48 Å².